The molecule has 1 heterocycles. The molecule has 0 saturated carbocycles. The van der Waals surface area contributed by atoms with Gasteiger partial charge in [-0.3, -0.25) is 0 Å². The second-order valence-electron chi connectivity index (χ2n) is 4.73. The predicted molar refractivity (Wildman–Crippen MR) is 85.8 cm³/mol. The highest BCUT2D eigenvalue weighted by Crippen LogP contribution is 2.18. The van der Waals surface area contributed by atoms with Gasteiger partial charge in [0.1, 0.15) is 23.7 Å². The number of hydrogen-bond donors (Lipinski definition) is 2. The van der Waals surface area contributed by atoms with Crippen LogP contribution in [0.1, 0.15) is 25.3 Å². The van der Waals surface area contributed by atoms with E-state index in [1.54, 1.807) is 13.4 Å². The number of aromatic nitrogens is 2. The molecule has 0 saturated heterocycles. The molecule has 0 bridgehead atoms. The van der Waals surface area contributed by atoms with Crippen molar-refractivity contribution in [2.24, 2.45) is 0 Å². The normalized spacial score (nSPS) is 10.2. The maximum atomic E-state index is 5.34. The number of nitrogens with one attached hydrogen (secondary N) is 2. The molecule has 0 atom stereocenters. The Morgan fingerprint density at radius 1 is 1.10 bits per heavy atom. The number of anilines is 2. The largest absolute Gasteiger partial charge is 0.496 e. The minimum atomic E-state index is 0.662. The molecule has 0 unspecified atom stereocenters. The highest BCUT2D eigenvalue weighted by molar-refractivity contribution is 5.47. The average molecular weight is 286 g/mol. The molecule has 2 rings (SSSR count). The van der Waals surface area contributed by atoms with E-state index < -0.39 is 0 Å². The molecule has 0 radical (unpaired) electrons. The summed E-state index contributed by atoms with van der Waals surface area (Å²) in [5, 5.41) is 6.59. The number of methoxy groups -OCH3 is 1. The van der Waals surface area contributed by atoms with Crippen molar-refractivity contribution >= 4 is 11.6 Å². The second-order valence-corrected chi connectivity index (χ2v) is 4.73. The van der Waals surface area contributed by atoms with Gasteiger partial charge in [0.25, 0.3) is 0 Å². The van der Waals surface area contributed by atoms with E-state index >= 15 is 0 Å². The Kier molecular flexibility index (Phi) is 5.82. The minimum absolute atomic E-state index is 0.662. The van der Waals surface area contributed by atoms with Gasteiger partial charge >= 0.3 is 0 Å². The van der Waals surface area contributed by atoms with Gasteiger partial charge in [-0.2, -0.15) is 0 Å². The first-order valence-corrected chi connectivity index (χ1v) is 7.25. The average Bonchev–Trinajstić information content (AvgIpc) is 2.54. The predicted octanol–water partition coefficient (Wildman–Crippen LogP) is 3.31. The van der Waals surface area contributed by atoms with Crippen molar-refractivity contribution in [3.63, 3.8) is 0 Å². The Bertz CT molecular complexity index is 559. The lowest BCUT2D eigenvalue weighted by Gasteiger charge is -2.10. The van der Waals surface area contributed by atoms with E-state index in [1.165, 1.54) is 0 Å². The number of unbranched alkanes of at least 4 members (excludes halogenated alkanes) is 1. The molecule has 0 fully saturated rings. The summed E-state index contributed by atoms with van der Waals surface area (Å²) in [4.78, 5) is 8.45. The fraction of sp³-hybridized carbons (Fsp3) is 0.375. The smallest absolute Gasteiger partial charge is 0.131 e. The third-order valence-electron chi connectivity index (χ3n) is 3.16. The summed E-state index contributed by atoms with van der Waals surface area (Å²) in [6.07, 6.45) is 3.86. The van der Waals surface area contributed by atoms with Crippen LogP contribution in [0.4, 0.5) is 11.6 Å². The third kappa shape index (κ3) is 4.63. The monoisotopic (exact) mass is 286 g/mol. The number of nitrogens with zero attached hydrogens (tertiary/aromatic N) is 2. The maximum Gasteiger partial charge on any atom is 0.131 e. The highest BCUT2D eigenvalue weighted by atomic mass is 16.5. The fourth-order valence-corrected chi connectivity index (χ4v) is 1.98. The SMILES string of the molecule is CCCCNc1cc(NCc2ccccc2OC)ncn1. The van der Waals surface area contributed by atoms with Crippen LogP contribution in [0.25, 0.3) is 0 Å². The van der Waals surface area contributed by atoms with Crippen molar-refractivity contribution in [1.29, 1.82) is 0 Å². The van der Waals surface area contributed by atoms with Crippen LogP contribution in [0.5, 0.6) is 5.75 Å². The van der Waals surface area contributed by atoms with Crippen molar-refractivity contribution in [1.82, 2.24) is 9.97 Å². The summed E-state index contributed by atoms with van der Waals surface area (Å²) in [5.41, 5.74) is 1.10. The van der Waals surface area contributed by atoms with E-state index in [-0.39, 0.29) is 0 Å². The molecular formula is C16H22N4O. The Balaban J connectivity index is 1.95. The van der Waals surface area contributed by atoms with E-state index in [0.717, 1.165) is 42.3 Å². The van der Waals surface area contributed by atoms with Crippen LogP contribution in [-0.2, 0) is 6.54 Å². The van der Waals surface area contributed by atoms with E-state index in [1.807, 2.05) is 30.3 Å². The van der Waals surface area contributed by atoms with Gasteiger partial charge in [-0.1, -0.05) is 31.5 Å². The number of rotatable bonds is 8. The van der Waals surface area contributed by atoms with Gasteiger partial charge in [0, 0.05) is 24.7 Å². The first kappa shape index (κ1) is 15.1. The number of ether oxygens (including phenoxy) is 1. The minimum Gasteiger partial charge on any atom is -0.496 e. The van der Waals surface area contributed by atoms with E-state index in [4.69, 9.17) is 4.74 Å². The first-order chi connectivity index (χ1) is 10.3. The Labute approximate surface area is 125 Å². The van der Waals surface area contributed by atoms with Crippen molar-refractivity contribution in [2.75, 3.05) is 24.3 Å². The van der Waals surface area contributed by atoms with Gasteiger partial charge in [-0.15, -0.1) is 0 Å². The number of benzene rings is 1. The van der Waals surface area contributed by atoms with Crippen LogP contribution in [0.3, 0.4) is 0 Å². The molecule has 1 aromatic heterocycles. The van der Waals surface area contributed by atoms with Crippen LogP contribution < -0.4 is 15.4 Å². The molecule has 0 amide bonds. The molecule has 0 spiro atoms. The van der Waals surface area contributed by atoms with Gasteiger partial charge in [-0.25, -0.2) is 9.97 Å². The Hall–Kier alpha value is -2.30. The quantitative estimate of drug-likeness (QED) is 0.729. The van der Waals surface area contributed by atoms with E-state index in [2.05, 4.69) is 27.5 Å². The lowest BCUT2D eigenvalue weighted by molar-refractivity contribution is 0.410. The molecule has 0 aliphatic rings. The van der Waals surface area contributed by atoms with Crippen LogP contribution >= 0.6 is 0 Å². The topological polar surface area (TPSA) is 59.1 Å². The molecule has 5 nitrogen and oxygen atoms in total. The molecule has 2 aromatic rings. The van der Waals surface area contributed by atoms with Crippen molar-refractivity contribution in [2.45, 2.75) is 26.3 Å². The van der Waals surface area contributed by atoms with Crippen LogP contribution in [0, 0.1) is 0 Å². The fourth-order valence-electron chi connectivity index (χ4n) is 1.98. The number of hydrogen-bond acceptors (Lipinski definition) is 5. The molecule has 2 N–H and O–H groups in total. The summed E-state index contributed by atoms with van der Waals surface area (Å²) in [5.74, 6) is 2.52. The first-order valence-electron chi connectivity index (χ1n) is 7.25. The van der Waals surface area contributed by atoms with Gasteiger partial charge in [0.15, 0.2) is 0 Å². The van der Waals surface area contributed by atoms with Gasteiger partial charge in [0.05, 0.1) is 7.11 Å². The Morgan fingerprint density at radius 3 is 2.62 bits per heavy atom. The van der Waals surface area contributed by atoms with Crippen LogP contribution in [0.2, 0.25) is 0 Å². The Morgan fingerprint density at radius 2 is 1.86 bits per heavy atom. The molecule has 21 heavy (non-hydrogen) atoms. The third-order valence-corrected chi connectivity index (χ3v) is 3.16. The summed E-state index contributed by atoms with van der Waals surface area (Å²) in [7, 11) is 1.68. The summed E-state index contributed by atoms with van der Waals surface area (Å²) < 4.78 is 5.34. The van der Waals surface area contributed by atoms with Gasteiger partial charge < -0.3 is 15.4 Å². The summed E-state index contributed by atoms with van der Waals surface area (Å²) in [6.45, 7) is 3.76. The van der Waals surface area contributed by atoms with Crippen molar-refractivity contribution < 1.29 is 4.74 Å². The van der Waals surface area contributed by atoms with E-state index in [0.29, 0.717) is 6.54 Å². The van der Waals surface area contributed by atoms with Crippen molar-refractivity contribution in [3.05, 3.63) is 42.2 Å². The standard InChI is InChI=1S/C16H22N4O/c1-3-4-9-17-15-10-16(20-12-19-15)18-11-13-7-5-6-8-14(13)21-2/h5-8,10,12H,3-4,9,11H2,1-2H3,(H2,17,18,19,20). The molecular weight excluding hydrogens is 264 g/mol. The summed E-state index contributed by atoms with van der Waals surface area (Å²) in [6, 6.07) is 9.87. The molecule has 5 heteroatoms. The van der Waals surface area contributed by atoms with E-state index in [9.17, 15) is 0 Å². The second kappa shape index (κ2) is 8.09. The van der Waals surface area contributed by atoms with Gasteiger partial charge in [-0.05, 0) is 12.5 Å². The van der Waals surface area contributed by atoms with Crippen LogP contribution in [-0.4, -0.2) is 23.6 Å². The molecule has 112 valence electrons. The maximum absolute atomic E-state index is 5.34. The summed E-state index contributed by atoms with van der Waals surface area (Å²) >= 11 is 0. The highest BCUT2D eigenvalue weighted by Gasteiger charge is 2.03. The molecule has 0 aliphatic heterocycles. The molecule has 1 aromatic carbocycles. The van der Waals surface area contributed by atoms with Crippen LogP contribution in [0.15, 0.2) is 36.7 Å². The zero-order valence-corrected chi connectivity index (χ0v) is 12.6. The van der Waals surface area contributed by atoms with Gasteiger partial charge in [0.2, 0.25) is 0 Å². The zero-order valence-electron chi connectivity index (χ0n) is 12.6. The zero-order chi connectivity index (χ0) is 14.9. The number of para-hydroxylation sites is 1. The lowest BCUT2D eigenvalue weighted by Crippen LogP contribution is -2.06. The van der Waals surface area contributed by atoms with Crippen molar-refractivity contribution in [3.8, 4) is 5.75 Å². The molecule has 0 aliphatic carbocycles. The lowest BCUT2D eigenvalue weighted by atomic mass is 10.2.